The number of methoxy groups -OCH3 is 2. The molecule has 0 aliphatic heterocycles. The molecule has 0 amide bonds. The molecule has 0 radical (unpaired) electrons. The van der Waals surface area contributed by atoms with E-state index in [2.05, 4.69) is 121 Å². The van der Waals surface area contributed by atoms with Crippen LogP contribution >= 0.6 is 22.2 Å². The van der Waals surface area contributed by atoms with Crippen LogP contribution in [-0.4, -0.2) is 14.2 Å². The van der Waals surface area contributed by atoms with E-state index in [0.717, 1.165) is 11.1 Å². The van der Waals surface area contributed by atoms with E-state index >= 15 is 0 Å². The van der Waals surface area contributed by atoms with E-state index < -0.39 is 5.79 Å². The van der Waals surface area contributed by atoms with Crippen LogP contribution < -0.4 is 0 Å². The predicted octanol–water partition coefficient (Wildman–Crippen LogP) is 9.38. The monoisotopic (exact) mass is 519 g/mol. The number of fused-ring (bicyclic) bond motifs is 3. The molecular weight excluding hydrogens is 492 g/mol. The van der Waals surface area contributed by atoms with Crippen molar-refractivity contribution < 1.29 is 9.47 Å². The Morgan fingerprint density at radius 3 is 1.51 bits per heavy atom. The second-order valence-electron chi connectivity index (χ2n) is 8.79. The Hall–Kier alpha value is -3.41. The zero-order valence-corrected chi connectivity index (χ0v) is 22.4. The van der Waals surface area contributed by atoms with Gasteiger partial charge in [-0.25, -0.2) is 0 Å². The lowest BCUT2D eigenvalue weighted by atomic mass is 9.97. The molecule has 0 unspecified atom stereocenters. The summed E-state index contributed by atoms with van der Waals surface area (Å²) in [4.78, 5) is 3.68. The molecule has 0 saturated heterocycles. The molecule has 0 aliphatic rings. The van der Waals surface area contributed by atoms with Gasteiger partial charge in [0.1, 0.15) is 0 Å². The molecule has 1 aromatic heterocycles. The first-order valence-electron chi connectivity index (χ1n) is 12.2. The maximum absolute atomic E-state index is 6.07. The zero-order chi connectivity index (χ0) is 25.2. The molecular formula is C33H27O2S2+. The Morgan fingerprint density at radius 2 is 0.973 bits per heavy atom. The molecule has 0 N–H and O–H groups in total. The number of ether oxygens (including phenoxy) is 2. The van der Waals surface area contributed by atoms with Gasteiger partial charge in [-0.2, -0.15) is 0 Å². The summed E-state index contributed by atoms with van der Waals surface area (Å²) in [5.74, 6) is -0.983. The average molecular weight is 520 g/mol. The largest absolute Gasteiger partial charge is 0.346 e. The van der Waals surface area contributed by atoms with Gasteiger partial charge in [-0.05, 0) is 72.8 Å². The van der Waals surface area contributed by atoms with Gasteiger partial charge in [-0.3, -0.25) is 0 Å². The normalized spacial score (nSPS) is 11.8. The van der Waals surface area contributed by atoms with E-state index in [-0.39, 0.29) is 10.5 Å². The van der Waals surface area contributed by atoms with Crippen LogP contribution in [0.15, 0.2) is 137 Å². The van der Waals surface area contributed by atoms with Gasteiger partial charge in [0.15, 0.2) is 14.3 Å². The van der Waals surface area contributed by atoms with E-state index in [1.54, 1.807) is 26.0 Å². The van der Waals surface area contributed by atoms with Gasteiger partial charge in [-0.1, -0.05) is 66.4 Å². The van der Waals surface area contributed by atoms with Gasteiger partial charge >= 0.3 is 0 Å². The van der Waals surface area contributed by atoms with E-state index in [4.69, 9.17) is 9.47 Å². The van der Waals surface area contributed by atoms with E-state index in [1.165, 1.54) is 34.9 Å². The van der Waals surface area contributed by atoms with Gasteiger partial charge in [0, 0.05) is 56.4 Å². The standard InChI is InChI=1S/C33H27O2S2/c1-34-33(35-2,24-16-20-27(21-17-24)36-26-10-4-3-5-11-26)25-18-22-28(23-19-25)37-31-14-8-6-12-29(31)30-13-7-9-15-32(30)37/h3-23H,1-2H3/q+1. The molecule has 5 aromatic carbocycles. The molecule has 1 heterocycles. The van der Waals surface area contributed by atoms with Crippen molar-refractivity contribution in [2.75, 3.05) is 14.2 Å². The molecule has 0 bridgehead atoms. The van der Waals surface area contributed by atoms with Crippen molar-refractivity contribution in [3.8, 4) is 4.90 Å². The summed E-state index contributed by atoms with van der Waals surface area (Å²) in [6, 6.07) is 45.1. The van der Waals surface area contributed by atoms with Crippen molar-refractivity contribution >= 4 is 42.4 Å². The molecule has 6 aromatic rings. The third-order valence-electron chi connectivity index (χ3n) is 6.76. The van der Waals surface area contributed by atoms with Crippen LogP contribution in [0.2, 0.25) is 0 Å². The number of rotatable bonds is 7. The van der Waals surface area contributed by atoms with Crippen LogP contribution in [0.3, 0.4) is 0 Å². The first-order chi connectivity index (χ1) is 18.2. The third kappa shape index (κ3) is 4.26. The molecule has 2 nitrogen and oxygen atoms in total. The van der Waals surface area contributed by atoms with E-state index in [1.807, 2.05) is 6.07 Å². The van der Waals surface area contributed by atoms with Crippen LogP contribution in [-0.2, 0) is 15.3 Å². The molecule has 182 valence electrons. The minimum atomic E-state index is -0.983. The number of benzene rings is 5. The topological polar surface area (TPSA) is 18.5 Å². The average Bonchev–Trinajstić information content (AvgIpc) is 3.30. The highest BCUT2D eigenvalue weighted by Gasteiger charge is 2.35. The highest BCUT2D eigenvalue weighted by Crippen LogP contribution is 2.48. The molecule has 0 saturated carbocycles. The summed E-state index contributed by atoms with van der Waals surface area (Å²) in [6.07, 6.45) is 0. The van der Waals surface area contributed by atoms with Gasteiger partial charge in [0.05, 0.1) is 0 Å². The fourth-order valence-electron chi connectivity index (χ4n) is 5.01. The molecule has 0 atom stereocenters. The van der Waals surface area contributed by atoms with Crippen LogP contribution in [0.25, 0.3) is 25.1 Å². The molecule has 4 heteroatoms. The lowest BCUT2D eigenvalue weighted by Gasteiger charge is -2.32. The predicted molar refractivity (Wildman–Crippen MR) is 157 cm³/mol. The molecule has 0 spiro atoms. The highest BCUT2D eigenvalue weighted by atomic mass is 32.2. The van der Waals surface area contributed by atoms with Crippen LogP contribution in [0.5, 0.6) is 0 Å². The molecule has 0 aliphatic carbocycles. The SMILES string of the molecule is COC(OC)(c1ccc(Sc2ccccc2)cc1)c1ccc(-[s+]2c3ccccc3c3ccccc32)cc1. The summed E-state index contributed by atoms with van der Waals surface area (Å²) < 4.78 is 14.9. The van der Waals surface area contributed by atoms with E-state index in [0.29, 0.717) is 0 Å². The van der Waals surface area contributed by atoms with Crippen molar-refractivity contribution in [3.05, 3.63) is 139 Å². The number of hydrogen-bond donors (Lipinski definition) is 0. The van der Waals surface area contributed by atoms with Crippen molar-refractivity contribution in [3.63, 3.8) is 0 Å². The van der Waals surface area contributed by atoms with Crippen LogP contribution in [0, 0.1) is 0 Å². The summed E-state index contributed by atoms with van der Waals surface area (Å²) in [7, 11) is 3.28. The molecule has 37 heavy (non-hydrogen) atoms. The van der Waals surface area contributed by atoms with Crippen LogP contribution in [0.4, 0.5) is 0 Å². The third-order valence-corrected chi connectivity index (χ3v) is 10.1. The lowest BCUT2D eigenvalue weighted by molar-refractivity contribution is -0.183. The Bertz CT molecular complexity index is 1600. The lowest BCUT2D eigenvalue weighted by Crippen LogP contribution is -2.32. The second kappa shape index (κ2) is 10.2. The maximum atomic E-state index is 6.07. The Kier molecular flexibility index (Phi) is 6.58. The summed E-state index contributed by atoms with van der Waals surface area (Å²) >= 11 is 1.74. The zero-order valence-electron chi connectivity index (χ0n) is 20.8. The Balaban J connectivity index is 1.37. The van der Waals surface area contributed by atoms with Gasteiger partial charge < -0.3 is 9.47 Å². The van der Waals surface area contributed by atoms with Gasteiger partial charge in [0.25, 0.3) is 0 Å². The maximum Gasteiger partial charge on any atom is 0.221 e. The highest BCUT2D eigenvalue weighted by molar-refractivity contribution is 7.99. The fraction of sp³-hybridized carbons (Fsp3) is 0.0909. The van der Waals surface area contributed by atoms with Crippen LogP contribution in [0.1, 0.15) is 11.1 Å². The molecule has 0 fully saturated rings. The minimum Gasteiger partial charge on any atom is -0.346 e. The van der Waals surface area contributed by atoms with Gasteiger partial charge in [0.2, 0.25) is 5.79 Å². The number of hydrogen-bond acceptors (Lipinski definition) is 3. The van der Waals surface area contributed by atoms with Gasteiger partial charge in [-0.15, -0.1) is 0 Å². The first kappa shape index (κ1) is 24.0. The van der Waals surface area contributed by atoms with E-state index in [9.17, 15) is 0 Å². The minimum absolute atomic E-state index is 0.131. The molecule has 6 rings (SSSR count). The van der Waals surface area contributed by atoms with Crippen molar-refractivity contribution in [2.45, 2.75) is 15.6 Å². The summed E-state index contributed by atoms with van der Waals surface area (Å²) in [5.41, 5.74) is 1.93. The van der Waals surface area contributed by atoms with Crippen molar-refractivity contribution in [2.24, 2.45) is 0 Å². The second-order valence-corrected chi connectivity index (χ2v) is 11.9. The Morgan fingerprint density at radius 1 is 0.514 bits per heavy atom. The Labute approximate surface area is 224 Å². The quantitative estimate of drug-likeness (QED) is 0.155. The fourth-order valence-corrected chi connectivity index (χ4v) is 8.22. The van der Waals surface area contributed by atoms with Crippen molar-refractivity contribution in [1.82, 2.24) is 0 Å². The smallest absolute Gasteiger partial charge is 0.221 e. The summed E-state index contributed by atoms with van der Waals surface area (Å²) in [6.45, 7) is 0. The van der Waals surface area contributed by atoms with Crippen molar-refractivity contribution in [1.29, 1.82) is 0 Å². The summed E-state index contributed by atoms with van der Waals surface area (Å²) in [5, 5.41) is 2.67. The first-order valence-corrected chi connectivity index (χ1v) is 14.2. The number of thiophene rings is 1.